The van der Waals surface area contributed by atoms with Crippen molar-refractivity contribution in [3.05, 3.63) is 78.0 Å². The average molecular weight is 372 g/mol. The van der Waals surface area contributed by atoms with Gasteiger partial charge >= 0.3 is 0 Å². The van der Waals surface area contributed by atoms with E-state index in [1.165, 1.54) is 12.1 Å². The molecule has 0 aliphatic heterocycles. The Balaban J connectivity index is 1.78. The van der Waals surface area contributed by atoms with Gasteiger partial charge in [0.1, 0.15) is 17.4 Å². The molecular formula is C21H16N4O3. The molecule has 0 saturated carbocycles. The van der Waals surface area contributed by atoms with Crippen molar-refractivity contribution >= 4 is 34.0 Å². The molecule has 0 heterocycles. The summed E-state index contributed by atoms with van der Waals surface area (Å²) in [6, 6.07) is 18.0. The van der Waals surface area contributed by atoms with Crippen LogP contribution in [0.2, 0.25) is 0 Å². The van der Waals surface area contributed by atoms with Crippen LogP contribution < -0.4 is 16.4 Å². The van der Waals surface area contributed by atoms with E-state index in [4.69, 9.17) is 5.73 Å². The first-order valence-corrected chi connectivity index (χ1v) is 8.28. The number of nitriles is 1. The zero-order chi connectivity index (χ0) is 20.1. The zero-order valence-electron chi connectivity index (χ0n) is 14.6. The number of hydrogen-bond donors (Lipinski definition) is 4. The van der Waals surface area contributed by atoms with Crippen molar-refractivity contribution in [1.29, 1.82) is 5.26 Å². The number of fused-ring (bicyclic) bond motifs is 1. The van der Waals surface area contributed by atoms with Crippen LogP contribution >= 0.6 is 0 Å². The summed E-state index contributed by atoms with van der Waals surface area (Å²) in [5, 5.41) is 25.4. The second kappa shape index (κ2) is 7.93. The number of amides is 2. The minimum atomic E-state index is -0.684. The van der Waals surface area contributed by atoms with Crippen LogP contribution in [0.3, 0.4) is 0 Å². The third-order valence-electron chi connectivity index (χ3n) is 4.03. The standard InChI is InChI=1S/C21H16N4O3/c22-11-14(12-24-20(27)13-7-9-15(23)10-8-13)21(28)25-18-5-1-4-17-16(18)3-2-6-19(17)26/h1-10,12,26H,23H2,(H,24,27)(H,25,28)/b14-12-. The van der Waals surface area contributed by atoms with Crippen molar-refractivity contribution < 1.29 is 14.7 Å². The highest BCUT2D eigenvalue weighted by Gasteiger charge is 2.13. The SMILES string of the molecule is N#C/C(=C/NC(=O)c1ccc(N)cc1)C(=O)Nc1cccc2c(O)cccc12. The Morgan fingerprint density at radius 3 is 2.39 bits per heavy atom. The lowest BCUT2D eigenvalue weighted by molar-refractivity contribution is -0.112. The molecule has 0 aliphatic carbocycles. The first kappa shape index (κ1) is 18.5. The highest BCUT2D eigenvalue weighted by molar-refractivity contribution is 6.11. The van der Waals surface area contributed by atoms with Crippen molar-refractivity contribution in [1.82, 2.24) is 5.32 Å². The van der Waals surface area contributed by atoms with Gasteiger partial charge in [-0.2, -0.15) is 5.26 Å². The predicted molar refractivity (Wildman–Crippen MR) is 106 cm³/mol. The first-order chi connectivity index (χ1) is 13.5. The number of aromatic hydroxyl groups is 1. The third kappa shape index (κ3) is 3.92. The van der Waals surface area contributed by atoms with Gasteiger partial charge in [-0.05, 0) is 36.4 Å². The van der Waals surface area contributed by atoms with Gasteiger partial charge in [0.25, 0.3) is 11.8 Å². The second-order valence-electron chi connectivity index (χ2n) is 5.90. The molecule has 0 aromatic heterocycles. The smallest absolute Gasteiger partial charge is 0.267 e. The summed E-state index contributed by atoms with van der Waals surface area (Å²) in [6.07, 6.45) is 1.05. The molecule has 0 unspecified atom stereocenters. The molecule has 0 radical (unpaired) electrons. The molecule has 0 bridgehead atoms. The minimum Gasteiger partial charge on any atom is -0.507 e. The van der Waals surface area contributed by atoms with Gasteiger partial charge < -0.3 is 21.5 Å². The molecule has 2 amide bonds. The van der Waals surface area contributed by atoms with Crippen LogP contribution in [-0.4, -0.2) is 16.9 Å². The highest BCUT2D eigenvalue weighted by atomic mass is 16.3. The fourth-order valence-electron chi connectivity index (χ4n) is 2.60. The maximum Gasteiger partial charge on any atom is 0.267 e. The van der Waals surface area contributed by atoms with Crippen molar-refractivity contribution in [3.63, 3.8) is 0 Å². The number of benzene rings is 3. The van der Waals surface area contributed by atoms with Crippen LogP contribution in [0.25, 0.3) is 10.8 Å². The van der Waals surface area contributed by atoms with E-state index in [0.29, 0.717) is 27.7 Å². The zero-order valence-corrected chi connectivity index (χ0v) is 14.6. The lowest BCUT2D eigenvalue weighted by Gasteiger charge is -2.09. The molecule has 138 valence electrons. The number of anilines is 2. The number of hydrogen-bond acceptors (Lipinski definition) is 5. The van der Waals surface area contributed by atoms with E-state index in [-0.39, 0.29) is 11.3 Å². The molecule has 0 spiro atoms. The first-order valence-electron chi connectivity index (χ1n) is 8.28. The molecule has 3 aromatic rings. The van der Waals surface area contributed by atoms with Crippen molar-refractivity contribution in [2.75, 3.05) is 11.1 Å². The Hall–Kier alpha value is -4.31. The summed E-state index contributed by atoms with van der Waals surface area (Å²) in [7, 11) is 0. The van der Waals surface area contributed by atoms with Crippen LogP contribution in [0.5, 0.6) is 5.75 Å². The van der Waals surface area contributed by atoms with Crippen LogP contribution in [0.4, 0.5) is 11.4 Å². The van der Waals surface area contributed by atoms with Crippen molar-refractivity contribution in [3.8, 4) is 11.8 Å². The van der Waals surface area contributed by atoms with Crippen LogP contribution in [0.1, 0.15) is 10.4 Å². The van der Waals surface area contributed by atoms with Crippen molar-refractivity contribution in [2.45, 2.75) is 0 Å². The fourth-order valence-corrected chi connectivity index (χ4v) is 2.60. The number of nitrogens with zero attached hydrogens (tertiary/aromatic N) is 1. The summed E-state index contributed by atoms with van der Waals surface area (Å²) >= 11 is 0. The van der Waals surface area contributed by atoms with Gasteiger partial charge in [-0.15, -0.1) is 0 Å². The number of carbonyl (C=O) groups is 2. The van der Waals surface area contributed by atoms with Gasteiger partial charge in [0.15, 0.2) is 0 Å². The van der Waals surface area contributed by atoms with E-state index in [0.717, 1.165) is 6.20 Å². The van der Waals surface area contributed by atoms with E-state index in [1.54, 1.807) is 54.6 Å². The number of nitrogens with two attached hydrogens (primary N) is 1. The van der Waals surface area contributed by atoms with Crippen LogP contribution in [-0.2, 0) is 4.79 Å². The van der Waals surface area contributed by atoms with E-state index in [1.807, 2.05) is 0 Å². The molecule has 0 atom stereocenters. The van der Waals surface area contributed by atoms with E-state index < -0.39 is 11.8 Å². The Bertz CT molecular complexity index is 1130. The molecule has 3 rings (SSSR count). The van der Waals surface area contributed by atoms with Gasteiger partial charge in [0, 0.05) is 33.9 Å². The van der Waals surface area contributed by atoms with Gasteiger partial charge in [0.2, 0.25) is 0 Å². The topological polar surface area (TPSA) is 128 Å². The van der Waals surface area contributed by atoms with Crippen molar-refractivity contribution in [2.24, 2.45) is 0 Å². The summed E-state index contributed by atoms with van der Waals surface area (Å²) in [4.78, 5) is 24.5. The summed E-state index contributed by atoms with van der Waals surface area (Å²) in [6.45, 7) is 0. The molecule has 7 nitrogen and oxygen atoms in total. The largest absolute Gasteiger partial charge is 0.507 e. The molecule has 3 aromatic carbocycles. The predicted octanol–water partition coefficient (Wildman–Crippen LogP) is 2.90. The third-order valence-corrected chi connectivity index (χ3v) is 4.03. The van der Waals surface area contributed by atoms with E-state index in [9.17, 15) is 20.0 Å². The van der Waals surface area contributed by atoms with E-state index in [2.05, 4.69) is 10.6 Å². The molecular weight excluding hydrogens is 356 g/mol. The minimum absolute atomic E-state index is 0.0837. The molecule has 0 aliphatic rings. The van der Waals surface area contributed by atoms with Gasteiger partial charge in [-0.25, -0.2) is 0 Å². The number of phenolic OH excluding ortho intramolecular Hbond substituents is 1. The number of rotatable bonds is 4. The number of carbonyl (C=O) groups excluding carboxylic acids is 2. The number of phenols is 1. The quantitative estimate of drug-likeness (QED) is 0.318. The lowest BCUT2D eigenvalue weighted by atomic mass is 10.1. The summed E-state index contributed by atoms with van der Waals surface area (Å²) in [5.41, 5.74) is 6.59. The summed E-state index contributed by atoms with van der Waals surface area (Å²) < 4.78 is 0. The second-order valence-corrected chi connectivity index (χ2v) is 5.90. The van der Waals surface area contributed by atoms with E-state index >= 15 is 0 Å². The molecule has 28 heavy (non-hydrogen) atoms. The normalized spacial score (nSPS) is 10.9. The maximum atomic E-state index is 12.4. The molecule has 5 N–H and O–H groups in total. The molecule has 0 saturated heterocycles. The lowest BCUT2D eigenvalue weighted by Crippen LogP contribution is -2.21. The highest BCUT2D eigenvalue weighted by Crippen LogP contribution is 2.29. The summed E-state index contributed by atoms with van der Waals surface area (Å²) in [5.74, 6) is -1.08. The van der Waals surface area contributed by atoms with Crippen LogP contribution in [0.15, 0.2) is 72.4 Å². The van der Waals surface area contributed by atoms with Gasteiger partial charge in [-0.3, -0.25) is 9.59 Å². The Kier molecular flexibility index (Phi) is 5.23. The monoisotopic (exact) mass is 372 g/mol. The number of nitrogen functional groups attached to an aromatic ring is 1. The maximum absolute atomic E-state index is 12.4. The number of nitrogens with one attached hydrogen (secondary N) is 2. The van der Waals surface area contributed by atoms with Crippen LogP contribution in [0, 0.1) is 11.3 Å². The van der Waals surface area contributed by atoms with Gasteiger partial charge in [0.05, 0.1) is 0 Å². The Morgan fingerprint density at radius 1 is 1.00 bits per heavy atom. The van der Waals surface area contributed by atoms with Gasteiger partial charge in [-0.1, -0.05) is 24.3 Å². The fraction of sp³-hybridized carbons (Fsp3) is 0. The molecule has 7 heteroatoms. The molecule has 0 fully saturated rings. The Morgan fingerprint density at radius 2 is 1.68 bits per heavy atom. The average Bonchev–Trinajstić information content (AvgIpc) is 2.69. The Labute approximate surface area is 160 Å².